The van der Waals surface area contributed by atoms with E-state index in [-0.39, 0.29) is 5.92 Å². The maximum atomic E-state index is 9.14. The van der Waals surface area contributed by atoms with Gasteiger partial charge in [0.15, 0.2) is 10.8 Å². The van der Waals surface area contributed by atoms with Crippen molar-refractivity contribution in [1.82, 2.24) is 0 Å². The third kappa shape index (κ3) is 1.09. The van der Waals surface area contributed by atoms with Crippen LogP contribution in [0.15, 0.2) is 0 Å². The highest BCUT2D eigenvalue weighted by Crippen LogP contribution is 2.56. The molecule has 0 amide bonds. The monoisotopic (exact) mass is 198 g/mol. The van der Waals surface area contributed by atoms with Crippen LogP contribution in [0, 0.1) is 62.1 Å². The number of hydrogen-bond acceptors (Lipinski definition) is 4. The van der Waals surface area contributed by atoms with Gasteiger partial charge in [-0.1, -0.05) is 13.3 Å². The largest absolute Gasteiger partial charge is 0.196 e. The zero-order chi connectivity index (χ0) is 11.5. The molecule has 0 radical (unpaired) electrons. The SMILES string of the molecule is CCC1CCC(C#N)(C#N)C1(C#N)C#N. The molecule has 15 heavy (non-hydrogen) atoms. The topological polar surface area (TPSA) is 95.2 Å². The van der Waals surface area contributed by atoms with E-state index in [9.17, 15) is 0 Å². The quantitative estimate of drug-likeness (QED) is 0.642. The molecule has 0 saturated heterocycles. The molecule has 0 spiro atoms. The van der Waals surface area contributed by atoms with E-state index in [1.165, 1.54) is 0 Å². The summed E-state index contributed by atoms with van der Waals surface area (Å²) in [5, 5.41) is 36.4. The molecule has 0 bridgehead atoms. The standard InChI is InChI=1S/C11H10N4/c1-2-9-3-4-10(5-12,6-13)11(9,7-14)8-15/h9H,2-4H2,1H3. The number of rotatable bonds is 1. The van der Waals surface area contributed by atoms with E-state index in [0.717, 1.165) is 0 Å². The van der Waals surface area contributed by atoms with Gasteiger partial charge in [-0.3, -0.25) is 0 Å². The predicted octanol–water partition coefficient (Wildman–Crippen LogP) is 1.87. The minimum atomic E-state index is -1.45. The fraction of sp³-hybridized carbons (Fsp3) is 0.636. The summed E-state index contributed by atoms with van der Waals surface area (Å²) in [5.41, 5.74) is -2.90. The third-order valence-corrected chi connectivity index (χ3v) is 3.38. The highest BCUT2D eigenvalue weighted by atomic mass is 14.6. The Morgan fingerprint density at radius 1 is 1.07 bits per heavy atom. The van der Waals surface area contributed by atoms with Crippen molar-refractivity contribution in [3.05, 3.63) is 0 Å². The van der Waals surface area contributed by atoms with E-state index in [1.807, 2.05) is 31.2 Å². The summed E-state index contributed by atoms with van der Waals surface area (Å²) < 4.78 is 0. The van der Waals surface area contributed by atoms with Crippen molar-refractivity contribution in [1.29, 1.82) is 21.0 Å². The Morgan fingerprint density at radius 3 is 1.93 bits per heavy atom. The lowest BCUT2D eigenvalue weighted by atomic mass is 9.65. The van der Waals surface area contributed by atoms with Crippen molar-refractivity contribution in [2.75, 3.05) is 0 Å². The van der Waals surface area contributed by atoms with Gasteiger partial charge in [0, 0.05) is 0 Å². The molecular weight excluding hydrogens is 188 g/mol. The van der Waals surface area contributed by atoms with Crippen LogP contribution in [-0.4, -0.2) is 0 Å². The Hall–Kier alpha value is -2.04. The first-order chi connectivity index (χ1) is 7.16. The average Bonchev–Trinajstić information content (AvgIpc) is 2.63. The van der Waals surface area contributed by atoms with Gasteiger partial charge >= 0.3 is 0 Å². The summed E-state index contributed by atoms with van der Waals surface area (Å²) in [6.45, 7) is 1.87. The van der Waals surface area contributed by atoms with Crippen molar-refractivity contribution in [2.24, 2.45) is 16.7 Å². The van der Waals surface area contributed by atoms with E-state index in [2.05, 4.69) is 0 Å². The van der Waals surface area contributed by atoms with Crippen LogP contribution in [0.1, 0.15) is 26.2 Å². The van der Waals surface area contributed by atoms with Gasteiger partial charge < -0.3 is 0 Å². The highest BCUT2D eigenvalue weighted by Gasteiger charge is 2.62. The molecule has 1 fully saturated rings. The minimum Gasteiger partial charge on any atom is -0.196 e. The second-order valence-corrected chi connectivity index (χ2v) is 3.80. The second kappa shape index (κ2) is 3.61. The third-order valence-electron chi connectivity index (χ3n) is 3.38. The maximum Gasteiger partial charge on any atom is 0.178 e. The van der Waals surface area contributed by atoms with E-state index in [0.29, 0.717) is 19.3 Å². The molecule has 1 aliphatic carbocycles. The van der Waals surface area contributed by atoms with Gasteiger partial charge in [-0.2, -0.15) is 21.0 Å². The molecule has 4 heteroatoms. The number of nitriles is 4. The Bertz CT molecular complexity index is 395. The molecule has 0 N–H and O–H groups in total. The van der Waals surface area contributed by atoms with Gasteiger partial charge in [-0.25, -0.2) is 0 Å². The van der Waals surface area contributed by atoms with Crippen LogP contribution in [0.5, 0.6) is 0 Å². The Morgan fingerprint density at radius 2 is 1.60 bits per heavy atom. The molecule has 1 atom stereocenters. The van der Waals surface area contributed by atoms with Crippen LogP contribution < -0.4 is 0 Å². The summed E-state index contributed by atoms with van der Waals surface area (Å²) in [4.78, 5) is 0. The van der Waals surface area contributed by atoms with Gasteiger partial charge in [-0.05, 0) is 18.8 Å². The van der Waals surface area contributed by atoms with Crippen molar-refractivity contribution < 1.29 is 0 Å². The first-order valence-electron chi connectivity index (χ1n) is 4.81. The smallest absolute Gasteiger partial charge is 0.178 e. The van der Waals surface area contributed by atoms with Gasteiger partial charge in [-0.15, -0.1) is 0 Å². The lowest BCUT2D eigenvalue weighted by Gasteiger charge is -2.27. The lowest BCUT2D eigenvalue weighted by molar-refractivity contribution is 0.274. The lowest BCUT2D eigenvalue weighted by Crippen LogP contribution is -2.37. The van der Waals surface area contributed by atoms with E-state index in [1.54, 1.807) is 0 Å². The van der Waals surface area contributed by atoms with E-state index >= 15 is 0 Å². The average molecular weight is 198 g/mol. The van der Waals surface area contributed by atoms with Crippen LogP contribution in [0.4, 0.5) is 0 Å². The van der Waals surface area contributed by atoms with Crippen LogP contribution in [0.3, 0.4) is 0 Å². The Labute approximate surface area is 89.0 Å². The number of hydrogen-bond donors (Lipinski definition) is 0. The Balaban J connectivity index is 3.40. The number of nitrogens with zero attached hydrogens (tertiary/aromatic N) is 4. The molecule has 0 heterocycles. The van der Waals surface area contributed by atoms with Crippen LogP contribution >= 0.6 is 0 Å². The highest BCUT2D eigenvalue weighted by molar-refractivity contribution is 5.38. The second-order valence-electron chi connectivity index (χ2n) is 3.80. The fourth-order valence-electron chi connectivity index (χ4n) is 2.37. The molecule has 1 rings (SSSR count). The van der Waals surface area contributed by atoms with Crippen molar-refractivity contribution in [2.45, 2.75) is 26.2 Å². The molecule has 0 aliphatic heterocycles. The summed E-state index contributed by atoms with van der Waals surface area (Å²) >= 11 is 0. The Kier molecular flexibility index (Phi) is 2.65. The first-order valence-corrected chi connectivity index (χ1v) is 4.81. The summed E-state index contributed by atoms with van der Waals surface area (Å²) in [5.74, 6) is -0.174. The van der Waals surface area contributed by atoms with Gasteiger partial charge in [0.1, 0.15) is 0 Å². The van der Waals surface area contributed by atoms with Crippen molar-refractivity contribution in [3.63, 3.8) is 0 Å². The molecule has 1 aliphatic rings. The summed E-state index contributed by atoms with van der Waals surface area (Å²) in [6, 6.07) is 7.59. The first kappa shape index (κ1) is 11.0. The molecular formula is C11H10N4. The maximum absolute atomic E-state index is 9.14. The molecule has 1 saturated carbocycles. The molecule has 0 aromatic rings. The zero-order valence-corrected chi connectivity index (χ0v) is 8.49. The van der Waals surface area contributed by atoms with Gasteiger partial charge in [0.25, 0.3) is 0 Å². The van der Waals surface area contributed by atoms with Crippen molar-refractivity contribution >= 4 is 0 Å². The van der Waals surface area contributed by atoms with Crippen LogP contribution in [0.2, 0.25) is 0 Å². The van der Waals surface area contributed by atoms with E-state index in [4.69, 9.17) is 21.0 Å². The summed E-state index contributed by atoms with van der Waals surface area (Å²) in [7, 11) is 0. The molecule has 1 unspecified atom stereocenters. The van der Waals surface area contributed by atoms with Crippen molar-refractivity contribution in [3.8, 4) is 24.3 Å². The fourth-order valence-corrected chi connectivity index (χ4v) is 2.37. The van der Waals surface area contributed by atoms with E-state index < -0.39 is 10.8 Å². The van der Waals surface area contributed by atoms with Gasteiger partial charge in [0.2, 0.25) is 0 Å². The van der Waals surface area contributed by atoms with Gasteiger partial charge in [0.05, 0.1) is 24.3 Å². The molecule has 0 aromatic carbocycles. The van der Waals surface area contributed by atoms with Crippen LogP contribution in [-0.2, 0) is 0 Å². The molecule has 74 valence electrons. The molecule has 4 nitrogen and oxygen atoms in total. The minimum absolute atomic E-state index is 0.174. The zero-order valence-electron chi connectivity index (χ0n) is 8.49. The summed E-state index contributed by atoms with van der Waals surface area (Å²) in [6.07, 6.45) is 1.56. The predicted molar refractivity (Wildman–Crippen MR) is 50.3 cm³/mol. The molecule has 0 aromatic heterocycles. The normalized spacial score (nSPS) is 25.5. The van der Waals surface area contributed by atoms with Crippen LogP contribution in [0.25, 0.3) is 0 Å².